The van der Waals surface area contributed by atoms with Crippen molar-refractivity contribution in [3.05, 3.63) is 194 Å². The Labute approximate surface area is 615 Å². The number of ether oxygens (including phenoxy) is 4. The molecule has 0 radical (unpaired) electrons. The van der Waals surface area contributed by atoms with Crippen LogP contribution in [0.15, 0.2) is 194 Å². The summed E-state index contributed by atoms with van der Waals surface area (Å²) in [4.78, 5) is 72.7. The second-order valence-electron chi connectivity index (χ2n) is 24.1. The molecule has 3 N–H and O–H groups in total. The van der Waals surface area contributed by atoms with E-state index in [1.165, 1.54) is 51.4 Å². The lowest BCUT2D eigenvalue weighted by atomic mass is 10.0. The number of phosphoric acid groups is 2. The molecule has 0 saturated heterocycles. The van der Waals surface area contributed by atoms with Gasteiger partial charge in [-0.15, -0.1) is 0 Å². The van der Waals surface area contributed by atoms with Crippen molar-refractivity contribution < 1.29 is 80.2 Å². The molecule has 102 heavy (non-hydrogen) atoms. The second kappa shape index (κ2) is 73.2. The largest absolute Gasteiger partial charge is 0.472 e. The van der Waals surface area contributed by atoms with Crippen molar-refractivity contribution in [1.29, 1.82) is 0 Å². The van der Waals surface area contributed by atoms with Crippen LogP contribution >= 0.6 is 15.6 Å². The van der Waals surface area contributed by atoms with Gasteiger partial charge in [0, 0.05) is 12.8 Å². The Kier molecular flexibility index (Phi) is 68.8. The van der Waals surface area contributed by atoms with Crippen LogP contribution in [-0.4, -0.2) is 96.7 Å². The molecule has 5 atom stereocenters. The fourth-order valence-corrected chi connectivity index (χ4v) is 10.6. The van der Waals surface area contributed by atoms with E-state index in [2.05, 4.69) is 155 Å². The number of aliphatic hydroxyl groups is 1. The number of rotatable bonds is 68. The lowest BCUT2D eigenvalue weighted by Crippen LogP contribution is -2.30. The van der Waals surface area contributed by atoms with Gasteiger partial charge in [-0.05, 0) is 116 Å². The van der Waals surface area contributed by atoms with Crippen LogP contribution in [0.5, 0.6) is 0 Å². The predicted molar refractivity (Wildman–Crippen MR) is 417 cm³/mol. The Morgan fingerprint density at radius 3 is 0.892 bits per heavy atom. The lowest BCUT2D eigenvalue weighted by Gasteiger charge is -2.21. The quantitative estimate of drug-likeness (QED) is 0.0169. The van der Waals surface area contributed by atoms with E-state index < -0.39 is 97.5 Å². The van der Waals surface area contributed by atoms with Crippen LogP contribution in [-0.2, 0) is 65.4 Å². The zero-order valence-electron chi connectivity index (χ0n) is 62.4. The average molecular weight is 1460 g/mol. The predicted octanol–water partition coefficient (Wildman–Crippen LogP) is 21.8. The van der Waals surface area contributed by atoms with Crippen LogP contribution in [0.3, 0.4) is 0 Å². The maximum atomic E-state index is 13.1. The van der Waals surface area contributed by atoms with E-state index >= 15 is 0 Å². The maximum Gasteiger partial charge on any atom is 0.472 e. The Balaban J connectivity index is 5.56. The van der Waals surface area contributed by atoms with Gasteiger partial charge < -0.3 is 33.8 Å². The summed E-state index contributed by atoms with van der Waals surface area (Å²) in [6.45, 7) is 4.17. The highest BCUT2D eigenvalue weighted by atomic mass is 31.2. The summed E-state index contributed by atoms with van der Waals surface area (Å²) in [6, 6.07) is 0. The third-order valence-corrected chi connectivity index (χ3v) is 16.5. The maximum absolute atomic E-state index is 13.1. The molecule has 17 nitrogen and oxygen atoms in total. The Hall–Kier alpha value is -6.10. The Morgan fingerprint density at radius 2 is 0.559 bits per heavy atom. The van der Waals surface area contributed by atoms with Gasteiger partial charge in [0.15, 0.2) is 12.2 Å². The third kappa shape index (κ3) is 72.3. The number of unbranched alkanes of at least 4 members (excludes halogenated alkanes) is 12. The van der Waals surface area contributed by atoms with Crippen molar-refractivity contribution >= 4 is 39.5 Å². The average Bonchev–Trinajstić information content (AvgIpc) is 0.908. The number of hydrogen-bond acceptors (Lipinski definition) is 15. The molecule has 0 aromatic carbocycles. The van der Waals surface area contributed by atoms with E-state index in [4.69, 9.17) is 37.0 Å². The van der Waals surface area contributed by atoms with Gasteiger partial charge >= 0.3 is 39.5 Å². The molecule has 0 saturated carbocycles. The summed E-state index contributed by atoms with van der Waals surface area (Å²) in [5.41, 5.74) is 0. The van der Waals surface area contributed by atoms with Gasteiger partial charge in [0.25, 0.3) is 0 Å². The van der Waals surface area contributed by atoms with Crippen LogP contribution in [0.4, 0.5) is 0 Å². The van der Waals surface area contributed by atoms with E-state index in [0.29, 0.717) is 32.1 Å². The molecule has 0 aliphatic heterocycles. The summed E-state index contributed by atoms with van der Waals surface area (Å²) in [6.07, 6.45) is 89.4. The van der Waals surface area contributed by atoms with Gasteiger partial charge in [0.05, 0.1) is 39.3 Å². The van der Waals surface area contributed by atoms with Crippen molar-refractivity contribution in [2.75, 3.05) is 39.6 Å². The molecular weight excluding hydrogens is 1330 g/mol. The zero-order chi connectivity index (χ0) is 74.6. The van der Waals surface area contributed by atoms with Crippen molar-refractivity contribution in [3.63, 3.8) is 0 Å². The number of allylic oxidation sites excluding steroid dienone is 30. The molecule has 0 bridgehead atoms. The molecule has 0 heterocycles. The highest BCUT2D eigenvalue weighted by Gasteiger charge is 2.30. The minimum absolute atomic E-state index is 0.0267. The Bertz CT molecular complexity index is 2700. The fraction of sp³-hybridized carbons (Fsp3) is 0.566. The van der Waals surface area contributed by atoms with Crippen LogP contribution in [0.2, 0.25) is 0 Å². The monoisotopic (exact) mass is 1460 g/mol. The van der Waals surface area contributed by atoms with Crippen molar-refractivity contribution in [2.24, 2.45) is 0 Å². The lowest BCUT2D eigenvalue weighted by molar-refractivity contribution is -0.161. The number of aliphatic hydroxyl groups excluding tert-OH is 1. The van der Waals surface area contributed by atoms with Crippen LogP contribution in [0.1, 0.15) is 246 Å². The molecule has 0 aromatic heterocycles. The van der Waals surface area contributed by atoms with E-state index in [0.717, 1.165) is 109 Å². The van der Waals surface area contributed by atoms with Crippen molar-refractivity contribution in [2.45, 2.75) is 264 Å². The molecule has 0 spiro atoms. The molecule has 0 rings (SSSR count). The van der Waals surface area contributed by atoms with Gasteiger partial charge in [-0.1, -0.05) is 299 Å². The molecule has 5 unspecified atom stereocenters. The summed E-state index contributed by atoms with van der Waals surface area (Å²) in [5.74, 6) is -2.59. The van der Waals surface area contributed by atoms with E-state index in [9.17, 15) is 43.2 Å². The summed E-state index contributed by atoms with van der Waals surface area (Å²) in [7, 11) is -10.0. The Morgan fingerprint density at radius 1 is 0.294 bits per heavy atom. The summed E-state index contributed by atoms with van der Waals surface area (Å²) >= 11 is 0. The van der Waals surface area contributed by atoms with E-state index in [1.807, 2.05) is 42.5 Å². The number of carbonyl (C=O) groups excluding carboxylic acids is 4. The smallest absolute Gasteiger partial charge is 0.462 e. The molecule has 0 amide bonds. The summed E-state index contributed by atoms with van der Waals surface area (Å²) in [5, 5.41) is 10.6. The zero-order valence-corrected chi connectivity index (χ0v) is 64.2. The van der Waals surface area contributed by atoms with Gasteiger partial charge in [-0.3, -0.25) is 37.3 Å². The number of hydrogen-bond donors (Lipinski definition) is 3. The minimum atomic E-state index is -5.03. The SMILES string of the molecule is CC/C=C\C/C=C\C/C=C\C/C=C\C/C=C\C/C=C\CCC(=O)OCC(COP(=O)(O)OCC(O)COP(=O)(O)OCC(COC(=O)C/C=C\C/C=C\C/C=C\C/C=C\C/C=C\CC)OC(=O)C/C=C\C/C=C\C/C=C\C/C=C\C/C=C\CC)OC(=O)CCCCCCCCCCCCCCC. The first-order valence-corrected chi connectivity index (χ1v) is 40.7. The third-order valence-electron chi connectivity index (χ3n) is 14.6. The van der Waals surface area contributed by atoms with Gasteiger partial charge in [-0.25, -0.2) is 9.13 Å². The fourth-order valence-electron chi connectivity index (χ4n) is 9.04. The number of carbonyl (C=O) groups is 4. The molecule has 574 valence electrons. The first-order chi connectivity index (χ1) is 49.7. The molecule has 19 heteroatoms. The van der Waals surface area contributed by atoms with Gasteiger partial charge in [-0.2, -0.15) is 0 Å². The number of esters is 4. The van der Waals surface area contributed by atoms with Crippen LogP contribution in [0.25, 0.3) is 0 Å². The molecule has 0 fully saturated rings. The van der Waals surface area contributed by atoms with E-state index in [-0.39, 0.29) is 25.7 Å². The van der Waals surface area contributed by atoms with E-state index in [1.54, 1.807) is 24.3 Å². The summed E-state index contributed by atoms with van der Waals surface area (Å²) < 4.78 is 68.1. The highest BCUT2D eigenvalue weighted by Crippen LogP contribution is 2.45. The normalized spacial score (nSPS) is 15.0. The highest BCUT2D eigenvalue weighted by molar-refractivity contribution is 7.47. The van der Waals surface area contributed by atoms with Gasteiger partial charge in [0.1, 0.15) is 19.3 Å². The van der Waals surface area contributed by atoms with Crippen LogP contribution < -0.4 is 0 Å². The second-order valence-corrected chi connectivity index (χ2v) is 27.0. The number of phosphoric ester groups is 2. The molecule has 0 aromatic rings. The standard InChI is InChI=1S/C83H130O17P2/c1-5-9-13-17-21-25-29-33-36-37-38-39-42-45-48-52-56-60-64-68-81(86)94-73-78(99-82(87)69-65-61-57-53-49-43-32-28-24-20-16-12-8-4)75-97-101(89,90)95-71-77(84)72-96-102(91,92)98-76-79(100-83(88)70-66-62-58-54-50-46-41-35-31-27-23-19-15-11-7-3)74-93-80(85)67-63-59-55-51-47-44-40-34-30-26-22-18-14-10-6-2/h9-11,13-15,21-23,25-27,33-36,38-41,45,47-48,50-51,54,56,59-60,62-63,66,77-79,84H,5-8,12,16-20,24,28-32,37,42-44,46,49,52-53,55,57-58,61,64-65,67-76H2,1-4H3,(H,89,90)(H,91,92)/b13-9-,14-10-,15-11-,25-21-,26-22-,27-23-,36-33-,39-38-,40-34-,41-35-,48-45-,51-47-,54-50-,60-56-,63-59-,66-62-. The van der Waals surface area contributed by atoms with Gasteiger partial charge in [0.2, 0.25) is 0 Å². The van der Waals surface area contributed by atoms with Crippen molar-refractivity contribution in [1.82, 2.24) is 0 Å². The molecule has 0 aliphatic rings. The molecule has 0 aliphatic carbocycles. The van der Waals surface area contributed by atoms with Crippen LogP contribution in [0, 0.1) is 0 Å². The first kappa shape index (κ1) is 95.9. The molecular formula is C83H130O17P2. The topological polar surface area (TPSA) is 237 Å². The van der Waals surface area contributed by atoms with Crippen molar-refractivity contribution in [3.8, 4) is 0 Å². The first-order valence-electron chi connectivity index (χ1n) is 37.7. The minimum Gasteiger partial charge on any atom is -0.462 e.